The molecule has 0 saturated heterocycles. The van der Waals surface area contributed by atoms with Crippen molar-refractivity contribution in [1.82, 2.24) is 20.2 Å². The van der Waals surface area contributed by atoms with E-state index in [1.807, 2.05) is 19.3 Å². The molecule has 0 bridgehead atoms. The Hall–Kier alpha value is -2.00. The number of aromatic nitrogens is 2. The highest BCUT2D eigenvalue weighted by molar-refractivity contribution is 14.0. The summed E-state index contributed by atoms with van der Waals surface area (Å²) in [5.74, 6) is 1.86. The Morgan fingerprint density at radius 2 is 1.90 bits per heavy atom. The van der Waals surface area contributed by atoms with E-state index in [1.165, 1.54) is 27.1 Å². The third-order valence-electron chi connectivity index (χ3n) is 4.92. The fourth-order valence-corrected chi connectivity index (χ4v) is 3.99. The molecule has 0 radical (unpaired) electrons. The molecule has 7 heteroatoms. The maximum absolute atomic E-state index is 4.80. The second-order valence-corrected chi connectivity index (χ2v) is 8.13. The molecule has 1 aromatic heterocycles. The van der Waals surface area contributed by atoms with Crippen LogP contribution < -0.4 is 10.6 Å². The maximum Gasteiger partial charge on any atom is 0.191 e. The van der Waals surface area contributed by atoms with Crippen LogP contribution in [0.15, 0.2) is 64.7 Å². The summed E-state index contributed by atoms with van der Waals surface area (Å²) >= 11 is 1.78. The van der Waals surface area contributed by atoms with Gasteiger partial charge in [-0.05, 0) is 55.3 Å². The number of nitrogens with one attached hydrogen (secondary N) is 2. The number of thioether (sulfide) groups is 1. The Balaban J connectivity index is 0.00000341. The number of aryl methyl sites for hydroxylation is 2. The van der Waals surface area contributed by atoms with E-state index in [0.717, 1.165) is 31.4 Å². The molecule has 2 aromatic carbocycles. The first-order valence-corrected chi connectivity index (χ1v) is 11.5. The highest BCUT2D eigenvalue weighted by Gasteiger charge is 2.05. The smallest absolute Gasteiger partial charge is 0.191 e. The number of hydrogen-bond donors (Lipinski definition) is 2. The lowest BCUT2D eigenvalue weighted by molar-refractivity contribution is 0.760. The van der Waals surface area contributed by atoms with E-state index in [2.05, 4.69) is 82.8 Å². The molecule has 2 N–H and O–H groups in total. The van der Waals surface area contributed by atoms with Crippen molar-refractivity contribution in [2.24, 2.45) is 4.99 Å². The third kappa shape index (κ3) is 7.57. The minimum Gasteiger partial charge on any atom is -0.357 e. The predicted molar refractivity (Wildman–Crippen MR) is 143 cm³/mol. The molecule has 5 nitrogen and oxygen atoms in total. The Labute approximate surface area is 207 Å². The van der Waals surface area contributed by atoms with Crippen LogP contribution in [-0.4, -0.2) is 28.3 Å². The lowest BCUT2D eigenvalue weighted by Gasteiger charge is -2.14. The first kappa shape index (κ1) is 25.3. The molecule has 0 saturated carbocycles. The number of benzene rings is 2. The molecular weight excluding hydrogens is 517 g/mol. The van der Waals surface area contributed by atoms with Crippen LogP contribution in [0.25, 0.3) is 0 Å². The van der Waals surface area contributed by atoms with E-state index in [-0.39, 0.29) is 24.0 Å². The molecule has 1 heterocycles. The van der Waals surface area contributed by atoms with Crippen LogP contribution in [-0.2, 0) is 19.6 Å². The highest BCUT2D eigenvalue weighted by atomic mass is 127. The summed E-state index contributed by atoms with van der Waals surface area (Å²) < 4.78 is 2.15. The fourth-order valence-electron chi connectivity index (χ4n) is 3.28. The SMILES string of the molecule is CCNC(=NCc1cccc(Cn2ccnc2C)c1)NCc1ccc(C)cc1SC.I. The van der Waals surface area contributed by atoms with Gasteiger partial charge in [0, 0.05) is 36.9 Å². The van der Waals surface area contributed by atoms with Crippen LogP contribution >= 0.6 is 35.7 Å². The molecule has 0 aliphatic rings. The molecule has 0 aliphatic carbocycles. The largest absolute Gasteiger partial charge is 0.357 e. The van der Waals surface area contributed by atoms with Gasteiger partial charge in [-0.25, -0.2) is 9.98 Å². The molecule has 3 aromatic rings. The highest BCUT2D eigenvalue weighted by Crippen LogP contribution is 2.21. The number of hydrogen-bond acceptors (Lipinski definition) is 3. The molecule has 166 valence electrons. The Morgan fingerprint density at radius 3 is 2.61 bits per heavy atom. The molecule has 3 rings (SSSR count). The van der Waals surface area contributed by atoms with Crippen LogP contribution in [0, 0.1) is 13.8 Å². The Bertz CT molecular complexity index is 999. The zero-order valence-corrected chi connectivity index (χ0v) is 21.8. The van der Waals surface area contributed by atoms with E-state index in [1.54, 1.807) is 11.8 Å². The van der Waals surface area contributed by atoms with Crippen LogP contribution in [0.5, 0.6) is 0 Å². The second kappa shape index (κ2) is 12.8. The van der Waals surface area contributed by atoms with E-state index in [4.69, 9.17) is 4.99 Å². The van der Waals surface area contributed by atoms with Crippen molar-refractivity contribution in [3.8, 4) is 0 Å². The zero-order chi connectivity index (χ0) is 21.3. The normalized spacial score (nSPS) is 11.2. The maximum atomic E-state index is 4.80. The fraction of sp³-hybridized carbons (Fsp3) is 0.333. The minimum absolute atomic E-state index is 0. The molecule has 0 atom stereocenters. The van der Waals surface area contributed by atoms with Gasteiger partial charge in [0.25, 0.3) is 0 Å². The van der Waals surface area contributed by atoms with E-state index < -0.39 is 0 Å². The predicted octanol–water partition coefficient (Wildman–Crippen LogP) is 5.14. The van der Waals surface area contributed by atoms with Crippen LogP contribution in [0.4, 0.5) is 0 Å². The lowest BCUT2D eigenvalue weighted by Crippen LogP contribution is -2.36. The molecule has 0 amide bonds. The first-order valence-electron chi connectivity index (χ1n) is 10.3. The topological polar surface area (TPSA) is 54.2 Å². The molecular formula is C24H32IN5S. The first-order chi connectivity index (χ1) is 14.6. The van der Waals surface area contributed by atoms with Gasteiger partial charge in [0.05, 0.1) is 6.54 Å². The monoisotopic (exact) mass is 549 g/mol. The third-order valence-corrected chi connectivity index (χ3v) is 5.74. The molecule has 0 spiro atoms. The van der Waals surface area contributed by atoms with Gasteiger partial charge in [-0.15, -0.1) is 35.7 Å². The van der Waals surface area contributed by atoms with Gasteiger partial charge in [-0.3, -0.25) is 0 Å². The van der Waals surface area contributed by atoms with Crippen molar-refractivity contribution in [2.75, 3.05) is 12.8 Å². The summed E-state index contributed by atoms with van der Waals surface area (Å²) in [4.78, 5) is 10.4. The van der Waals surface area contributed by atoms with Crippen molar-refractivity contribution in [3.63, 3.8) is 0 Å². The van der Waals surface area contributed by atoms with Gasteiger partial charge in [0.15, 0.2) is 5.96 Å². The Kier molecular flexibility index (Phi) is 10.4. The van der Waals surface area contributed by atoms with Gasteiger partial charge in [0.2, 0.25) is 0 Å². The number of nitrogens with zero attached hydrogens (tertiary/aromatic N) is 3. The number of imidazole rings is 1. The number of rotatable bonds is 8. The van der Waals surface area contributed by atoms with E-state index >= 15 is 0 Å². The van der Waals surface area contributed by atoms with Gasteiger partial charge in [-0.1, -0.05) is 36.4 Å². The lowest BCUT2D eigenvalue weighted by atomic mass is 10.1. The van der Waals surface area contributed by atoms with Crippen LogP contribution in [0.2, 0.25) is 0 Å². The van der Waals surface area contributed by atoms with Crippen molar-refractivity contribution in [3.05, 3.63) is 82.9 Å². The van der Waals surface area contributed by atoms with Crippen molar-refractivity contribution >= 4 is 41.7 Å². The molecule has 0 aliphatic heterocycles. The average Bonchev–Trinajstić information content (AvgIpc) is 3.15. The van der Waals surface area contributed by atoms with Crippen LogP contribution in [0.1, 0.15) is 35.0 Å². The van der Waals surface area contributed by atoms with Crippen LogP contribution in [0.3, 0.4) is 0 Å². The summed E-state index contributed by atoms with van der Waals surface area (Å²) in [6, 6.07) is 15.2. The van der Waals surface area contributed by atoms with E-state index in [0.29, 0.717) is 6.54 Å². The van der Waals surface area contributed by atoms with Gasteiger partial charge in [0.1, 0.15) is 5.82 Å². The van der Waals surface area contributed by atoms with Crippen molar-refractivity contribution in [1.29, 1.82) is 0 Å². The van der Waals surface area contributed by atoms with Crippen molar-refractivity contribution < 1.29 is 0 Å². The molecule has 0 unspecified atom stereocenters. The number of halogens is 1. The van der Waals surface area contributed by atoms with E-state index in [9.17, 15) is 0 Å². The number of aliphatic imine (C=N–C) groups is 1. The van der Waals surface area contributed by atoms with Gasteiger partial charge in [-0.2, -0.15) is 0 Å². The molecule has 31 heavy (non-hydrogen) atoms. The average molecular weight is 550 g/mol. The second-order valence-electron chi connectivity index (χ2n) is 7.29. The summed E-state index contributed by atoms with van der Waals surface area (Å²) in [7, 11) is 0. The summed E-state index contributed by atoms with van der Waals surface area (Å²) in [6.45, 7) is 9.29. The van der Waals surface area contributed by atoms with Crippen molar-refractivity contribution in [2.45, 2.75) is 45.3 Å². The van der Waals surface area contributed by atoms with Gasteiger partial charge >= 0.3 is 0 Å². The standard InChI is InChI=1S/C24H31N5S.HI/c1-5-25-24(28-16-22-10-9-18(2)13-23(22)30-4)27-15-20-7-6-8-21(14-20)17-29-12-11-26-19(29)3;/h6-14H,5,15-17H2,1-4H3,(H2,25,27,28);1H. The minimum atomic E-state index is 0. The summed E-state index contributed by atoms with van der Waals surface area (Å²) in [5.41, 5.74) is 5.03. The molecule has 0 fully saturated rings. The van der Waals surface area contributed by atoms with Gasteiger partial charge < -0.3 is 15.2 Å². The Morgan fingerprint density at radius 1 is 1.10 bits per heavy atom. The summed E-state index contributed by atoms with van der Waals surface area (Å²) in [5, 5.41) is 6.82. The zero-order valence-electron chi connectivity index (χ0n) is 18.7. The number of guanidine groups is 1. The quantitative estimate of drug-likeness (QED) is 0.177. The summed E-state index contributed by atoms with van der Waals surface area (Å²) in [6.07, 6.45) is 5.98.